The predicted octanol–water partition coefficient (Wildman–Crippen LogP) is 2.33. The molecular formula is C18H20BrN3O4. The Kier molecular flexibility index (Phi) is 4.07. The Hall–Kier alpha value is -1.93. The maximum Gasteiger partial charge on any atom is 0.416 e. The highest BCUT2D eigenvalue weighted by Crippen LogP contribution is 2.47. The van der Waals surface area contributed by atoms with Crippen LogP contribution in [0.15, 0.2) is 28.7 Å². The standard InChI is InChI=1S/C18H20BrN3O4/c1-18(2)9-14(23)21-10-13(16(24)20-7-8-26-17(20)25)15(22(18)21)11-3-5-12(19)6-4-11/h3-6,13,15H,7-10H2,1-2H3/t13-,15+/m1/s1. The highest BCUT2D eigenvalue weighted by Gasteiger charge is 2.57. The Morgan fingerprint density at radius 2 is 1.92 bits per heavy atom. The van der Waals surface area contributed by atoms with E-state index in [1.54, 1.807) is 5.01 Å². The molecule has 3 saturated heterocycles. The van der Waals surface area contributed by atoms with Gasteiger partial charge in [0.25, 0.3) is 0 Å². The predicted molar refractivity (Wildman–Crippen MR) is 95.7 cm³/mol. The van der Waals surface area contributed by atoms with Crippen molar-refractivity contribution >= 4 is 33.8 Å². The van der Waals surface area contributed by atoms with Gasteiger partial charge >= 0.3 is 6.09 Å². The molecular weight excluding hydrogens is 402 g/mol. The minimum Gasteiger partial charge on any atom is -0.447 e. The van der Waals surface area contributed by atoms with Crippen LogP contribution >= 0.6 is 15.9 Å². The Labute approximate surface area is 160 Å². The molecule has 0 aromatic heterocycles. The summed E-state index contributed by atoms with van der Waals surface area (Å²) < 4.78 is 5.87. The first-order chi connectivity index (χ1) is 12.3. The number of hydrazine groups is 1. The molecule has 0 bridgehead atoms. The molecule has 1 aromatic carbocycles. The maximum atomic E-state index is 13.1. The van der Waals surface area contributed by atoms with Gasteiger partial charge < -0.3 is 4.74 Å². The van der Waals surface area contributed by atoms with E-state index in [1.165, 1.54) is 0 Å². The fourth-order valence-corrected chi connectivity index (χ4v) is 4.47. The zero-order valence-corrected chi connectivity index (χ0v) is 16.2. The summed E-state index contributed by atoms with van der Waals surface area (Å²) in [6.07, 6.45) is -0.190. The largest absolute Gasteiger partial charge is 0.447 e. The Morgan fingerprint density at radius 3 is 2.54 bits per heavy atom. The van der Waals surface area contributed by atoms with E-state index in [0.29, 0.717) is 6.42 Å². The van der Waals surface area contributed by atoms with Crippen molar-refractivity contribution < 1.29 is 19.1 Å². The number of ether oxygens (including phenoxy) is 1. The van der Waals surface area contributed by atoms with Gasteiger partial charge in [0.2, 0.25) is 11.8 Å². The van der Waals surface area contributed by atoms with Crippen LogP contribution < -0.4 is 0 Å². The van der Waals surface area contributed by atoms with Crippen molar-refractivity contribution in [1.29, 1.82) is 0 Å². The zero-order valence-electron chi connectivity index (χ0n) is 14.6. The summed E-state index contributed by atoms with van der Waals surface area (Å²) in [6.45, 7) is 4.78. The van der Waals surface area contributed by atoms with E-state index < -0.39 is 17.6 Å². The monoisotopic (exact) mass is 421 g/mol. The second-order valence-corrected chi connectivity index (χ2v) is 8.43. The van der Waals surface area contributed by atoms with Gasteiger partial charge in [-0.1, -0.05) is 28.1 Å². The number of carbonyl (C=O) groups excluding carboxylic acids is 3. The van der Waals surface area contributed by atoms with E-state index in [1.807, 2.05) is 43.1 Å². The smallest absolute Gasteiger partial charge is 0.416 e. The second-order valence-electron chi connectivity index (χ2n) is 7.52. The lowest BCUT2D eigenvalue weighted by atomic mass is 9.89. The molecule has 0 unspecified atom stereocenters. The average molecular weight is 422 g/mol. The van der Waals surface area contributed by atoms with E-state index in [4.69, 9.17) is 4.74 Å². The number of imide groups is 1. The molecule has 1 aromatic rings. The number of rotatable bonds is 2. The molecule has 3 fully saturated rings. The summed E-state index contributed by atoms with van der Waals surface area (Å²) in [5, 5.41) is 3.69. The molecule has 3 amide bonds. The van der Waals surface area contributed by atoms with Crippen LogP contribution in [-0.2, 0) is 14.3 Å². The SMILES string of the molecule is CC1(C)CC(=O)N2C[C@@H](C(=O)N3CCOC3=O)[C@H](c3ccc(Br)cc3)N21. The number of halogens is 1. The average Bonchev–Trinajstić information content (AvgIpc) is 3.23. The first kappa shape index (κ1) is 17.5. The molecule has 0 saturated carbocycles. The second kappa shape index (κ2) is 6.06. The van der Waals surface area contributed by atoms with E-state index >= 15 is 0 Å². The molecule has 0 aliphatic carbocycles. The molecule has 7 nitrogen and oxygen atoms in total. The van der Waals surface area contributed by atoms with Gasteiger partial charge in [0.05, 0.1) is 25.0 Å². The number of carbonyl (C=O) groups is 3. The van der Waals surface area contributed by atoms with Crippen molar-refractivity contribution in [3.05, 3.63) is 34.3 Å². The highest BCUT2D eigenvalue weighted by atomic mass is 79.9. The number of hydrogen-bond donors (Lipinski definition) is 0. The van der Waals surface area contributed by atoms with Gasteiger partial charge in [0.15, 0.2) is 0 Å². The van der Waals surface area contributed by atoms with E-state index in [9.17, 15) is 14.4 Å². The maximum absolute atomic E-state index is 13.1. The normalized spacial score (nSPS) is 27.8. The molecule has 2 atom stereocenters. The third kappa shape index (κ3) is 2.63. The lowest BCUT2D eigenvalue weighted by Crippen LogP contribution is -2.45. The van der Waals surface area contributed by atoms with Gasteiger partial charge in [-0.25, -0.2) is 14.7 Å². The lowest BCUT2D eigenvalue weighted by molar-refractivity contribution is -0.137. The summed E-state index contributed by atoms with van der Waals surface area (Å²) in [4.78, 5) is 38.7. The van der Waals surface area contributed by atoms with Crippen molar-refractivity contribution in [1.82, 2.24) is 14.9 Å². The zero-order chi connectivity index (χ0) is 18.6. The molecule has 8 heteroatoms. The van der Waals surface area contributed by atoms with E-state index in [-0.39, 0.29) is 37.6 Å². The third-order valence-corrected chi connectivity index (χ3v) is 5.85. The first-order valence-electron chi connectivity index (χ1n) is 8.63. The number of fused-ring (bicyclic) bond motifs is 1. The fraction of sp³-hybridized carbons (Fsp3) is 0.500. The lowest BCUT2D eigenvalue weighted by Gasteiger charge is -2.37. The molecule has 3 heterocycles. The van der Waals surface area contributed by atoms with Gasteiger partial charge in [-0.2, -0.15) is 0 Å². The molecule has 0 radical (unpaired) electrons. The molecule has 3 aliphatic heterocycles. The Balaban J connectivity index is 1.75. The Bertz CT molecular complexity index is 779. The first-order valence-corrected chi connectivity index (χ1v) is 9.42. The van der Waals surface area contributed by atoms with Crippen molar-refractivity contribution in [3.8, 4) is 0 Å². The summed E-state index contributed by atoms with van der Waals surface area (Å²) in [6, 6.07) is 7.47. The number of hydrogen-bond acceptors (Lipinski definition) is 5. The van der Waals surface area contributed by atoms with Gasteiger partial charge in [-0.05, 0) is 31.5 Å². The molecule has 3 aliphatic rings. The van der Waals surface area contributed by atoms with Crippen LogP contribution in [0.2, 0.25) is 0 Å². The quantitative estimate of drug-likeness (QED) is 0.732. The van der Waals surface area contributed by atoms with E-state index in [2.05, 4.69) is 15.9 Å². The fourth-order valence-electron chi connectivity index (χ4n) is 4.20. The third-order valence-electron chi connectivity index (χ3n) is 5.32. The molecule has 26 heavy (non-hydrogen) atoms. The van der Waals surface area contributed by atoms with Crippen LogP contribution in [0.1, 0.15) is 31.9 Å². The van der Waals surface area contributed by atoms with Crippen molar-refractivity contribution in [3.63, 3.8) is 0 Å². The number of amides is 3. The van der Waals surface area contributed by atoms with Crippen LogP contribution in [-0.4, -0.2) is 58.1 Å². The van der Waals surface area contributed by atoms with Gasteiger partial charge in [0, 0.05) is 16.4 Å². The Morgan fingerprint density at radius 1 is 1.23 bits per heavy atom. The van der Waals surface area contributed by atoms with Crippen LogP contribution in [0.4, 0.5) is 4.79 Å². The number of cyclic esters (lactones) is 1. The molecule has 0 N–H and O–H groups in total. The molecule has 138 valence electrons. The minimum atomic E-state index is -0.600. The molecule has 0 spiro atoms. The summed E-state index contributed by atoms with van der Waals surface area (Å²) in [5.41, 5.74) is 0.555. The van der Waals surface area contributed by atoms with Gasteiger partial charge in [-0.3, -0.25) is 14.6 Å². The summed E-state index contributed by atoms with van der Waals surface area (Å²) >= 11 is 3.43. The summed E-state index contributed by atoms with van der Waals surface area (Å²) in [5.74, 6) is -0.778. The van der Waals surface area contributed by atoms with E-state index in [0.717, 1.165) is 14.9 Å². The van der Waals surface area contributed by atoms with Gasteiger partial charge in [-0.15, -0.1) is 0 Å². The number of nitrogens with zero attached hydrogens (tertiary/aromatic N) is 3. The van der Waals surface area contributed by atoms with Crippen LogP contribution in [0.5, 0.6) is 0 Å². The van der Waals surface area contributed by atoms with Crippen molar-refractivity contribution in [2.24, 2.45) is 5.92 Å². The van der Waals surface area contributed by atoms with Gasteiger partial charge in [0.1, 0.15) is 6.61 Å². The van der Waals surface area contributed by atoms with Crippen molar-refractivity contribution in [2.75, 3.05) is 19.7 Å². The minimum absolute atomic E-state index is 0.0106. The highest BCUT2D eigenvalue weighted by molar-refractivity contribution is 9.10. The van der Waals surface area contributed by atoms with Crippen LogP contribution in [0.25, 0.3) is 0 Å². The topological polar surface area (TPSA) is 70.2 Å². The number of benzene rings is 1. The summed E-state index contributed by atoms with van der Waals surface area (Å²) in [7, 11) is 0. The van der Waals surface area contributed by atoms with Crippen LogP contribution in [0.3, 0.4) is 0 Å². The molecule has 4 rings (SSSR count). The van der Waals surface area contributed by atoms with Crippen molar-refractivity contribution in [2.45, 2.75) is 31.8 Å². The van der Waals surface area contributed by atoms with Crippen LogP contribution in [0, 0.1) is 5.92 Å².